The molecule has 2 rings (SSSR count). The summed E-state index contributed by atoms with van der Waals surface area (Å²) in [4.78, 5) is 0. The molecule has 1 aromatic carbocycles. The van der Waals surface area contributed by atoms with Crippen molar-refractivity contribution in [3.05, 3.63) is 35.4 Å². The fraction of sp³-hybridized carbons (Fsp3) is 0.647. The van der Waals surface area contributed by atoms with E-state index in [1.54, 1.807) is 0 Å². The molecule has 1 aliphatic carbocycles. The van der Waals surface area contributed by atoms with Crippen molar-refractivity contribution in [2.75, 3.05) is 0 Å². The summed E-state index contributed by atoms with van der Waals surface area (Å²) in [5.41, 5.74) is 3.28. The Morgan fingerprint density at radius 3 is 2.50 bits per heavy atom. The van der Waals surface area contributed by atoms with Crippen molar-refractivity contribution < 1.29 is 0 Å². The highest BCUT2D eigenvalue weighted by Crippen LogP contribution is 2.38. The molecule has 1 N–H and O–H groups in total. The Balaban J connectivity index is 1.85. The first-order valence-corrected chi connectivity index (χ1v) is 7.25. The second kappa shape index (κ2) is 5.44. The Morgan fingerprint density at radius 2 is 1.89 bits per heavy atom. The normalized spacial score (nSPS) is 27.1. The first-order chi connectivity index (χ1) is 8.46. The molecule has 1 heteroatoms. The Labute approximate surface area is 112 Å². The van der Waals surface area contributed by atoms with Crippen LogP contribution in [-0.2, 0) is 6.54 Å². The van der Waals surface area contributed by atoms with E-state index in [1.807, 2.05) is 0 Å². The Bertz CT molecular complexity index is 377. The predicted octanol–water partition coefficient (Wildman–Crippen LogP) is 4.30. The lowest BCUT2D eigenvalue weighted by molar-refractivity contribution is 0.148. The third-order valence-corrected chi connectivity index (χ3v) is 4.38. The molecular weight excluding hydrogens is 218 g/mol. The molecule has 1 nitrogen and oxygen atoms in total. The van der Waals surface area contributed by atoms with E-state index in [9.17, 15) is 0 Å². The first kappa shape index (κ1) is 13.6. The molecule has 2 unspecified atom stereocenters. The Kier molecular flexibility index (Phi) is 4.11. The number of nitrogens with one attached hydrogen (secondary N) is 1. The van der Waals surface area contributed by atoms with E-state index >= 15 is 0 Å². The minimum atomic E-state index is 0.543. The SMILES string of the molecule is Cc1ccc(CNC2CCC(C)(C)CC2C)cc1. The molecule has 2 atom stereocenters. The van der Waals surface area contributed by atoms with Crippen molar-refractivity contribution in [1.82, 2.24) is 5.32 Å². The highest BCUT2D eigenvalue weighted by molar-refractivity contribution is 5.21. The minimum absolute atomic E-state index is 0.543. The number of benzene rings is 1. The molecule has 0 aromatic heterocycles. The zero-order valence-corrected chi connectivity index (χ0v) is 12.3. The highest BCUT2D eigenvalue weighted by Gasteiger charge is 2.31. The van der Waals surface area contributed by atoms with Crippen LogP contribution in [0.25, 0.3) is 0 Å². The van der Waals surface area contributed by atoms with E-state index in [2.05, 4.69) is 57.3 Å². The maximum atomic E-state index is 3.74. The number of rotatable bonds is 3. The van der Waals surface area contributed by atoms with Crippen LogP contribution in [-0.4, -0.2) is 6.04 Å². The monoisotopic (exact) mass is 245 g/mol. The largest absolute Gasteiger partial charge is 0.310 e. The van der Waals surface area contributed by atoms with Gasteiger partial charge in [-0.2, -0.15) is 0 Å². The van der Waals surface area contributed by atoms with Gasteiger partial charge in [0, 0.05) is 12.6 Å². The van der Waals surface area contributed by atoms with Crippen molar-refractivity contribution >= 4 is 0 Å². The summed E-state index contributed by atoms with van der Waals surface area (Å²) < 4.78 is 0. The van der Waals surface area contributed by atoms with Gasteiger partial charge in [-0.05, 0) is 43.1 Å². The van der Waals surface area contributed by atoms with Gasteiger partial charge in [0.1, 0.15) is 0 Å². The van der Waals surface area contributed by atoms with Gasteiger partial charge in [0.15, 0.2) is 0 Å². The molecule has 0 bridgehead atoms. The van der Waals surface area contributed by atoms with Gasteiger partial charge in [-0.3, -0.25) is 0 Å². The summed E-state index contributed by atoms with van der Waals surface area (Å²) in [6.07, 6.45) is 4.02. The summed E-state index contributed by atoms with van der Waals surface area (Å²) >= 11 is 0. The number of hydrogen-bond acceptors (Lipinski definition) is 1. The molecule has 18 heavy (non-hydrogen) atoms. The van der Waals surface area contributed by atoms with Gasteiger partial charge >= 0.3 is 0 Å². The predicted molar refractivity (Wildman–Crippen MR) is 78.6 cm³/mol. The van der Waals surface area contributed by atoms with Crippen molar-refractivity contribution in [2.45, 2.75) is 59.5 Å². The van der Waals surface area contributed by atoms with Crippen LogP contribution < -0.4 is 5.32 Å². The van der Waals surface area contributed by atoms with Crippen LogP contribution in [0.15, 0.2) is 24.3 Å². The van der Waals surface area contributed by atoms with Gasteiger partial charge in [0.2, 0.25) is 0 Å². The van der Waals surface area contributed by atoms with Gasteiger partial charge in [0.25, 0.3) is 0 Å². The van der Waals surface area contributed by atoms with Crippen molar-refractivity contribution in [3.63, 3.8) is 0 Å². The van der Waals surface area contributed by atoms with Gasteiger partial charge in [0.05, 0.1) is 0 Å². The van der Waals surface area contributed by atoms with Gasteiger partial charge in [-0.1, -0.05) is 50.6 Å². The molecule has 0 spiro atoms. The van der Waals surface area contributed by atoms with Gasteiger partial charge in [-0.25, -0.2) is 0 Å². The molecule has 0 aliphatic heterocycles. The van der Waals surface area contributed by atoms with E-state index in [0.29, 0.717) is 11.5 Å². The van der Waals surface area contributed by atoms with Crippen LogP contribution in [0.1, 0.15) is 51.2 Å². The van der Waals surface area contributed by atoms with Crippen LogP contribution in [0.4, 0.5) is 0 Å². The van der Waals surface area contributed by atoms with Crippen molar-refractivity contribution in [2.24, 2.45) is 11.3 Å². The maximum absolute atomic E-state index is 3.74. The smallest absolute Gasteiger partial charge is 0.0208 e. The lowest BCUT2D eigenvalue weighted by Gasteiger charge is -2.39. The maximum Gasteiger partial charge on any atom is 0.0208 e. The second-order valence-corrected chi connectivity index (χ2v) is 6.86. The summed E-state index contributed by atoms with van der Waals surface area (Å²) in [7, 11) is 0. The summed E-state index contributed by atoms with van der Waals surface area (Å²) in [5, 5.41) is 3.74. The van der Waals surface area contributed by atoms with Crippen LogP contribution in [0.2, 0.25) is 0 Å². The van der Waals surface area contributed by atoms with E-state index < -0.39 is 0 Å². The molecule has 0 saturated heterocycles. The molecule has 100 valence electrons. The molecule has 1 fully saturated rings. The van der Waals surface area contributed by atoms with Crippen LogP contribution in [0.3, 0.4) is 0 Å². The third-order valence-electron chi connectivity index (χ3n) is 4.38. The summed E-state index contributed by atoms with van der Waals surface area (Å²) in [6, 6.07) is 9.56. The van der Waals surface area contributed by atoms with Crippen LogP contribution in [0.5, 0.6) is 0 Å². The minimum Gasteiger partial charge on any atom is -0.310 e. The summed E-state index contributed by atoms with van der Waals surface area (Å²) in [6.45, 7) is 10.4. The fourth-order valence-corrected chi connectivity index (χ4v) is 3.20. The average Bonchev–Trinajstić information content (AvgIpc) is 2.29. The second-order valence-electron chi connectivity index (χ2n) is 6.86. The lowest BCUT2D eigenvalue weighted by atomic mass is 9.70. The number of hydrogen-bond donors (Lipinski definition) is 1. The Morgan fingerprint density at radius 1 is 1.22 bits per heavy atom. The summed E-state index contributed by atoms with van der Waals surface area (Å²) in [5.74, 6) is 0.791. The van der Waals surface area contributed by atoms with Crippen molar-refractivity contribution in [3.8, 4) is 0 Å². The average molecular weight is 245 g/mol. The van der Waals surface area contributed by atoms with Gasteiger partial charge in [-0.15, -0.1) is 0 Å². The molecule has 1 saturated carbocycles. The fourth-order valence-electron chi connectivity index (χ4n) is 3.20. The van der Waals surface area contributed by atoms with Crippen LogP contribution in [0, 0.1) is 18.3 Å². The molecule has 1 aliphatic rings. The van der Waals surface area contributed by atoms with Crippen LogP contribution >= 0.6 is 0 Å². The van der Waals surface area contributed by atoms with E-state index in [-0.39, 0.29) is 0 Å². The van der Waals surface area contributed by atoms with Crippen molar-refractivity contribution in [1.29, 1.82) is 0 Å². The highest BCUT2D eigenvalue weighted by atomic mass is 14.9. The topological polar surface area (TPSA) is 12.0 Å². The first-order valence-electron chi connectivity index (χ1n) is 7.25. The van der Waals surface area contributed by atoms with Gasteiger partial charge < -0.3 is 5.32 Å². The zero-order chi connectivity index (χ0) is 13.2. The molecule has 0 radical (unpaired) electrons. The molecule has 0 amide bonds. The quantitative estimate of drug-likeness (QED) is 0.837. The third kappa shape index (κ3) is 3.58. The lowest BCUT2D eigenvalue weighted by Crippen LogP contribution is -2.41. The molecule has 1 aromatic rings. The Hall–Kier alpha value is -0.820. The van der Waals surface area contributed by atoms with E-state index in [0.717, 1.165) is 12.5 Å². The zero-order valence-electron chi connectivity index (χ0n) is 12.3. The van der Waals surface area contributed by atoms with E-state index in [1.165, 1.54) is 30.4 Å². The standard InChI is InChI=1S/C17H27N/c1-13-5-7-15(8-6-13)12-18-16-9-10-17(3,4)11-14(16)2/h5-8,14,16,18H,9-12H2,1-4H3. The molecule has 0 heterocycles. The number of aryl methyl sites for hydroxylation is 1. The van der Waals surface area contributed by atoms with E-state index in [4.69, 9.17) is 0 Å². The molecular formula is C17H27N.